The quantitative estimate of drug-likeness (QED) is 0.683. The molecule has 0 aromatic heterocycles. The van der Waals surface area contributed by atoms with Gasteiger partial charge in [0.05, 0.1) is 6.04 Å². The van der Waals surface area contributed by atoms with Crippen LogP contribution in [0.15, 0.2) is 0 Å². The van der Waals surface area contributed by atoms with E-state index in [2.05, 4.69) is 5.32 Å². The first-order valence-corrected chi connectivity index (χ1v) is 5.82. The first-order valence-electron chi connectivity index (χ1n) is 5.82. The van der Waals surface area contributed by atoms with Gasteiger partial charge in [-0.15, -0.1) is 0 Å². The smallest absolute Gasteiger partial charge is 0.411 e. The van der Waals surface area contributed by atoms with Crippen molar-refractivity contribution < 1.29 is 29.3 Å². The fourth-order valence-electron chi connectivity index (χ4n) is 1.87. The van der Waals surface area contributed by atoms with Crippen LogP contribution in [0.2, 0.25) is 0 Å². The second-order valence-corrected chi connectivity index (χ2v) is 5.37. The average molecular weight is 274 g/mol. The van der Waals surface area contributed by atoms with Crippen molar-refractivity contribution in [3.8, 4) is 0 Å². The van der Waals surface area contributed by atoms with E-state index in [0.29, 0.717) is 0 Å². The highest BCUT2D eigenvalue weighted by Crippen LogP contribution is 2.21. The molecule has 19 heavy (non-hydrogen) atoms. The van der Waals surface area contributed by atoms with Crippen molar-refractivity contribution in [2.75, 3.05) is 6.54 Å². The van der Waals surface area contributed by atoms with Crippen molar-refractivity contribution >= 4 is 18.2 Å². The Morgan fingerprint density at radius 3 is 2.26 bits per heavy atom. The minimum absolute atomic E-state index is 0.0157. The third-order valence-electron chi connectivity index (χ3n) is 2.54. The van der Waals surface area contributed by atoms with Gasteiger partial charge in [0.25, 0.3) is 0 Å². The predicted molar refractivity (Wildman–Crippen MR) is 63.9 cm³/mol. The van der Waals surface area contributed by atoms with E-state index in [1.165, 1.54) is 0 Å². The lowest BCUT2D eigenvalue weighted by molar-refractivity contribution is -0.142. The third kappa shape index (κ3) is 4.31. The second-order valence-electron chi connectivity index (χ2n) is 5.37. The van der Waals surface area contributed by atoms with Crippen LogP contribution in [-0.4, -0.2) is 57.5 Å². The highest BCUT2D eigenvalue weighted by molar-refractivity contribution is 5.81. The molecule has 2 amide bonds. The number of likely N-dealkylation sites (tertiary alicyclic amines) is 1. The van der Waals surface area contributed by atoms with E-state index >= 15 is 0 Å². The van der Waals surface area contributed by atoms with Gasteiger partial charge in [-0.2, -0.15) is 0 Å². The summed E-state index contributed by atoms with van der Waals surface area (Å²) in [6.45, 7) is 5.00. The van der Waals surface area contributed by atoms with E-state index in [4.69, 9.17) is 14.9 Å². The van der Waals surface area contributed by atoms with Gasteiger partial charge in [-0.1, -0.05) is 0 Å². The van der Waals surface area contributed by atoms with Gasteiger partial charge in [-0.05, 0) is 20.8 Å². The number of nitrogens with zero attached hydrogens (tertiary/aromatic N) is 1. The van der Waals surface area contributed by atoms with Crippen molar-refractivity contribution in [3.63, 3.8) is 0 Å². The van der Waals surface area contributed by atoms with Crippen molar-refractivity contribution in [2.24, 2.45) is 0 Å². The molecule has 1 rings (SSSR count). The van der Waals surface area contributed by atoms with E-state index in [-0.39, 0.29) is 13.0 Å². The van der Waals surface area contributed by atoms with Gasteiger partial charge in [0, 0.05) is 13.0 Å². The molecule has 0 aromatic carbocycles. The Morgan fingerprint density at radius 2 is 1.84 bits per heavy atom. The fraction of sp³-hybridized carbons (Fsp3) is 0.727. The first-order chi connectivity index (χ1) is 8.60. The lowest BCUT2D eigenvalue weighted by Gasteiger charge is -2.26. The summed E-state index contributed by atoms with van der Waals surface area (Å²) >= 11 is 0. The predicted octanol–water partition coefficient (Wildman–Crippen LogP) is 0.717. The maximum atomic E-state index is 11.9. The van der Waals surface area contributed by atoms with Crippen LogP contribution < -0.4 is 5.32 Å². The molecule has 0 bridgehead atoms. The Bertz CT molecular complexity index is 389. The van der Waals surface area contributed by atoms with Gasteiger partial charge in [0.15, 0.2) is 0 Å². The van der Waals surface area contributed by atoms with Crippen LogP contribution in [0.5, 0.6) is 0 Å². The summed E-state index contributed by atoms with van der Waals surface area (Å²) in [4.78, 5) is 34.5. The minimum atomic E-state index is -1.25. The second kappa shape index (κ2) is 5.33. The molecule has 1 aliphatic rings. The van der Waals surface area contributed by atoms with Crippen molar-refractivity contribution in [2.45, 2.75) is 44.9 Å². The summed E-state index contributed by atoms with van der Waals surface area (Å²) < 4.78 is 5.10. The van der Waals surface area contributed by atoms with Gasteiger partial charge in [0.2, 0.25) is 0 Å². The topological polar surface area (TPSA) is 116 Å². The maximum absolute atomic E-state index is 11.9. The molecule has 1 unspecified atom stereocenters. The van der Waals surface area contributed by atoms with Crippen LogP contribution in [0.4, 0.5) is 9.59 Å². The average Bonchev–Trinajstić information content (AvgIpc) is 2.57. The summed E-state index contributed by atoms with van der Waals surface area (Å²) in [6, 6.07) is -1.68. The number of nitrogens with one attached hydrogen (secondary N) is 1. The van der Waals surface area contributed by atoms with Crippen LogP contribution in [0.25, 0.3) is 0 Å². The van der Waals surface area contributed by atoms with Gasteiger partial charge in [0.1, 0.15) is 11.6 Å². The molecular weight excluding hydrogens is 256 g/mol. The number of carbonyl (C=O) groups excluding carboxylic acids is 1. The van der Waals surface area contributed by atoms with Gasteiger partial charge in [-0.25, -0.2) is 14.4 Å². The Balaban J connectivity index is 2.76. The zero-order valence-electron chi connectivity index (χ0n) is 11.0. The highest BCUT2D eigenvalue weighted by atomic mass is 16.6. The van der Waals surface area contributed by atoms with Crippen molar-refractivity contribution in [3.05, 3.63) is 0 Å². The van der Waals surface area contributed by atoms with Gasteiger partial charge < -0.3 is 20.3 Å². The Labute approximate surface area is 110 Å². The monoisotopic (exact) mass is 274 g/mol. The van der Waals surface area contributed by atoms with Crippen LogP contribution in [0, 0.1) is 0 Å². The van der Waals surface area contributed by atoms with Crippen LogP contribution in [0.1, 0.15) is 27.2 Å². The molecule has 1 aliphatic heterocycles. The Morgan fingerprint density at radius 1 is 1.26 bits per heavy atom. The van der Waals surface area contributed by atoms with Crippen LogP contribution >= 0.6 is 0 Å². The molecule has 0 spiro atoms. The SMILES string of the molecule is CC(C)(C)OC(=O)N1CC(NC(=O)O)C[C@H]1C(=O)O. The first kappa shape index (κ1) is 15.1. The number of amides is 2. The molecule has 8 nitrogen and oxygen atoms in total. The molecule has 8 heteroatoms. The van der Waals surface area contributed by atoms with Crippen LogP contribution in [0.3, 0.4) is 0 Å². The van der Waals surface area contributed by atoms with E-state index < -0.39 is 35.8 Å². The molecule has 1 saturated heterocycles. The number of ether oxygens (including phenoxy) is 1. The molecule has 1 fully saturated rings. The highest BCUT2D eigenvalue weighted by Gasteiger charge is 2.42. The number of carboxylic acid groups (broad SMARTS) is 2. The van der Waals surface area contributed by atoms with E-state index in [1.807, 2.05) is 0 Å². The molecule has 0 aromatic rings. The van der Waals surface area contributed by atoms with Crippen molar-refractivity contribution in [1.29, 1.82) is 0 Å². The maximum Gasteiger partial charge on any atom is 0.411 e. The molecule has 108 valence electrons. The van der Waals surface area contributed by atoms with Gasteiger partial charge >= 0.3 is 18.2 Å². The number of aliphatic carboxylic acids is 1. The minimum Gasteiger partial charge on any atom is -0.480 e. The number of hydrogen-bond donors (Lipinski definition) is 3. The third-order valence-corrected chi connectivity index (χ3v) is 2.54. The zero-order chi connectivity index (χ0) is 14.8. The largest absolute Gasteiger partial charge is 0.480 e. The van der Waals surface area contributed by atoms with E-state index in [9.17, 15) is 14.4 Å². The Kier molecular flexibility index (Phi) is 4.23. The lowest BCUT2D eigenvalue weighted by Crippen LogP contribution is -2.44. The fourth-order valence-corrected chi connectivity index (χ4v) is 1.87. The molecule has 1 heterocycles. The zero-order valence-corrected chi connectivity index (χ0v) is 11.0. The molecule has 0 saturated carbocycles. The lowest BCUT2D eigenvalue weighted by atomic mass is 10.2. The molecule has 3 N–H and O–H groups in total. The standard InChI is InChI=1S/C11H18N2O6/c1-11(2,3)19-10(18)13-5-6(12-9(16)17)4-7(13)8(14)15/h6-7,12H,4-5H2,1-3H3,(H,14,15)(H,16,17)/t6?,7-/m0/s1. The van der Waals surface area contributed by atoms with Crippen molar-refractivity contribution in [1.82, 2.24) is 10.2 Å². The number of hydrogen-bond acceptors (Lipinski definition) is 4. The summed E-state index contributed by atoms with van der Waals surface area (Å²) in [5.41, 5.74) is -0.738. The summed E-state index contributed by atoms with van der Waals surface area (Å²) in [5, 5.41) is 19.9. The van der Waals surface area contributed by atoms with E-state index in [1.54, 1.807) is 20.8 Å². The normalized spacial score (nSPS) is 23.0. The molecule has 2 atom stereocenters. The van der Waals surface area contributed by atoms with Crippen LogP contribution in [-0.2, 0) is 9.53 Å². The molecule has 0 radical (unpaired) electrons. The Hall–Kier alpha value is -1.99. The van der Waals surface area contributed by atoms with Gasteiger partial charge in [-0.3, -0.25) is 4.90 Å². The number of rotatable bonds is 2. The molecular formula is C11H18N2O6. The molecule has 0 aliphatic carbocycles. The summed E-state index contributed by atoms with van der Waals surface area (Å²) in [5.74, 6) is -1.18. The summed E-state index contributed by atoms with van der Waals surface area (Å²) in [7, 11) is 0. The number of carboxylic acids is 1. The van der Waals surface area contributed by atoms with E-state index in [0.717, 1.165) is 4.90 Å². The number of carbonyl (C=O) groups is 3. The summed E-state index contributed by atoms with van der Waals surface area (Å²) in [6.07, 6.45) is -1.98.